The third-order valence-electron chi connectivity index (χ3n) is 3.40. The Hall–Kier alpha value is -0.280. The SMILES string of the molecule is CC(C)(C(=O)O)C1(O)CCCCC1Cl. The van der Waals surface area contributed by atoms with E-state index in [2.05, 4.69) is 0 Å². The number of hydrogen-bond acceptors (Lipinski definition) is 2. The summed E-state index contributed by atoms with van der Waals surface area (Å²) in [7, 11) is 0. The first-order chi connectivity index (χ1) is 6.32. The largest absolute Gasteiger partial charge is 0.481 e. The predicted octanol–water partition coefficient (Wildman–Crippen LogP) is 2.01. The van der Waals surface area contributed by atoms with E-state index in [1.54, 1.807) is 0 Å². The molecule has 0 bridgehead atoms. The summed E-state index contributed by atoms with van der Waals surface area (Å²) in [5.41, 5.74) is -2.46. The molecule has 1 aliphatic carbocycles. The zero-order chi connectivity index (χ0) is 11.0. The van der Waals surface area contributed by atoms with Crippen LogP contribution in [0, 0.1) is 5.41 Å². The standard InChI is InChI=1S/C10H17ClO3/c1-9(2,8(12)13)10(14)6-4-3-5-7(10)11/h7,14H,3-6H2,1-2H3,(H,12,13). The van der Waals surface area contributed by atoms with E-state index in [4.69, 9.17) is 16.7 Å². The minimum atomic E-state index is -1.28. The van der Waals surface area contributed by atoms with Crippen molar-refractivity contribution in [1.29, 1.82) is 0 Å². The Bertz CT molecular complexity index is 240. The van der Waals surface area contributed by atoms with E-state index in [1.807, 2.05) is 0 Å². The Morgan fingerprint density at radius 1 is 1.50 bits per heavy atom. The van der Waals surface area contributed by atoms with Gasteiger partial charge in [0.15, 0.2) is 0 Å². The van der Waals surface area contributed by atoms with Crippen molar-refractivity contribution in [2.24, 2.45) is 5.41 Å². The molecule has 1 rings (SSSR count). The number of carbonyl (C=O) groups is 1. The molecule has 4 heteroatoms. The molecule has 0 aromatic carbocycles. The fourth-order valence-electron chi connectivity index (χ4n) is 2.00. The summed E-state index contributed by atoms with van der Waals surface area (Å²) < 4.78 is 0. The van der Waals surface area contributed by atoms with Gasteiger partial charge >= 0.3 is 5.97 Å². The van der Waals surface area contributed by atoms with Gasteiger partial charge in [0.25, 0.3) is 0 Å². The predicted molar refractivity (Wildman–Crippen MR) is 54.5 cm³/mol. The Kier molecular flexibility index (Phi) is 3.12. The van der Waals surface area contributed by atoms with Gasteiger partial charge in [-0.25, -0.2) is 0 Å². The summed E-state index contributed by atoms with van der Waals surface area (Å²) in [6.07, 6.45) is 2.97. The summed E-state index contributed by atoms with van der Waals surface area (Å²) >= 11 is 6.04. The van der Waals surface area contributed by atoms with Crippen LogP contribution in [0.5, 0.6) is 0 Å². The van der Waals surface area contributed by atoms with E-state index >= 15 is 0 Å². The van der Waals surface area contributed by atoms with Gasteiger partial charge in [-0.15, -0.1) is 11.6 Å². The molecule has 0 amide bonds. The monoisotopic (exact) mass is 220 g/mol. The van der Waals surface area contributed by atoms with Gasteiger partial charge in [0, 0.05) is 0 Å². The quantitative estimate of drug-likeness (QED) is 0.700. The van der Waals surface area contributed by atoms with Crippen LogP contribution in [0.25, 0.3) is 0 Å². The molecule has 0 radical (unpaired) electrons. The van der Waals surface area contributed by atoms with Crippen molar-refractivity contribution in [3.05, 3.63) is 0 Å². The number of aliphatic carboxylic acids is 1. The Labute approximate surface area is 89.1 Å². The molecule has 0 saturated heterocycles. The first-order valence-electron chi connectivity index (χ1n) is 4.92. The van der Waals surface area contributed by atoms with E-state index in [-0.39, 0.29) is 0 Å². The van der Waals surface area contributed by atoms with Gasteiger partial charge in [-0.3, -0.25) is 4.79 Å². The van der Waals surface area contributed by atoms with Crippen LogP contribution < -0.4 is 0 Å². The number of carboxylic acid groups (broad SMARTS) is 1. The highest BCUT2D eigenvalue weighted by molar-refractivity contribution is 6.21. The lowest BCUT2D eigenvalue weighted by Gasteiger charge is -2.45. The van der Waals surface area contributed by atoms with E-state index < -0.39 is 22.4 Å². The molecular weight excluding hydrogens is 204 g/mol. The Morgan fingerprint density at radius 3 is 2.50 bits per heavy atom. The summed E-state index contributed by atoms with van der Waals surface area (Å²) in [6, 6.07) is 0. The number of halogens is 1. The first-order valence-corrected chi connectivity index (χ1v) is 5.36. The molecular formula is C10H17ClO3. The Morgan fingerprint density at radius 2 is 2.07 bits per heavy atom. The molecule has 1 saturated carbocycles. The Balaban J connectivity index is 2.96. The second-order valence-electron chi connectivity index (χ2n) is 4.57. The maximum absolute atomic E-state index is 11.1. The highest BCUT2D eigenvalue weighted by Crippen LogP contribution is 2.44. The number of aliphatic hydroxyl groups is 1. The molecule has 2 N–H and O–H groups in total. The van der Waals surface area contributed by atoms with Gasteiger partial charge < -0.3 is 10.2 Å². The summed E-state index contributed by atoms with van der Waals surface area (Å²) in [5, 5.41) is 18.9. The average Bonchev–Trinajstić information content (AvgIpc) is 2.09. The zero-order valence-electron chi connectivity index (χ0n) is 8.59. The summed E-state index contributed by atoms with van der Waals surface area (Å²) in [6.45, 7) is 3.08. The average molecular weight is 221 g/mol. The number of hydrogen-bond donors (Lipinski definition) is 2. The number of alkyl halides is 1. The minimum Gasteiger partial charge on any atom is -0.481 e. The molecule has 0 aromatic rings. The van der Waals surface area contributed by atoms with Gasteiger partial charge in [-0.05, 0) is 26.7 Å². The van der Waals surface area contributed by atoms with Crippen molar-refractivity contribution >= 4 is 17.6 Å². The number of rotatable bonds is 2. The molecule has 1 aliphatic rings. The van der Waals surface area contributed by atoms with Crippen molar-refractivity contribution < 1.29 is 15.0 Å². The van der Waals surface area contributed by atoms with Crippen LogP contribution in [0.1, 0.15) is 39.5 Å². The normalized spacial score (nSPS) is 34.1. The van der Waals surface area contributed by atoms with Gasteiger partial charge in [0.05, 0.1) is 16.4 Å². The first kappa shape index (κ1) is 11.8. The van der Waals surface area contributed by atoms with E-state index in [0.29, 0.717) is 12.8 Å². The van der Waals surface area contributed by atoms with Crippen LogP contribution in [0.4, 0.5) is 0 Å². The van der Waals surface area contributed by atoms with E-state index in [1.165, 1.54) is 13.8 Å². The maximum atomic E-state index is 11.1. The van der Waals surface area contributed by atoms with Crippen LogP contribution in [0.15, 0.2) is 0 Å². The van der Waals surface area contributed by atoms with Gasteiger partial charge in [-0.2, -0.15) is 0 Å². The molecule has 0 spiro atoms. The molecule has 0 aliphatic heterocycles. The number of carboxylic acids is 1. The third kappa shape index (κ3) is 1.63. The molecule has 82 valence electrons. The molecule has 1 fully saturated rings. The fraction of sp³-hybridized carbons (Fsp3) is 0.900. The highest BCUT2D eigenvalue weighted by atomic mass is 35.5. The molecule has 0 aromatic heterocycles. The second kappa shape index (κ2) is 3.70. The highest BCUT2D eigenvalue weighted by Gasteiger charge is 2.53. The smallest absolute Gasteiger partial charge is 0.312 e. The van der Waals surface area contributed by atoms with Crippen LogP contribution in [0.3, 0.4) is 0 Å². The lowest BCUT2D eigenvalue weighted by molar-refractivity contribution is -0.168. The zero-order valence-corrected chi connectivity index (χ0v) is 9.34. The lowest BCUT2D eigenvalue weighted by atomic mass is 9.67. The summed E-state index contributed by atoms with van der Waals surface area (Å²) in [4.78, 5) is 11.1. The molecule has 2 unspecified atom stereocenters. The van der Waals surface area contributed by atoms with Crippen molar-refractivity contribution in [2.45, 2.75) is 50.5 Å². The van der Waals surface area contributed by atoms with Crippen LogP contribution in [0.2, 0.25) is 0 Å². The second-order valence-corrected chi connectivity index (χ2v) is 5.09. The lowest BCUT2D eigenvalue weighted by Crippen LogP contribution is -2.56. The van der Waals surface area contributed by atoms with Gasteiger partial charge in [0.1, 0.15) is 0 Å². The molecule has 3 nitrogen and oxygen atoms in total. The van der Waals surface area contributed by atoms with Gasteiger partial charge in [0.2, 0.25) is 0 Å². The van der Waals surface area contributed by atoms with Crippen molar-refractivity contribution in [3.63, 3.8) is 0 Å². The van der Waals surface area contributed by atoms with Crippen LogP contribution >= 0.6 is 11.6 Å². The molecule has 0 heterocycles. The van der Waals surface area contributed by atoms with Gasteiger partial charge in [-0.1, -0.05) is 12.8 Å². The molecule has 2 atom stereocenters. The minimum absolute atomic E-state index is 0.456. The van der Waals surface area contributed by atoms with Crippen molar-refractivity contribution in [3.8, 4) is 0 Å². The third-order valence-corrected chi connectivity index (χ3v) is 3.98. The van der Waals surface area contributed by atoms with Crippen molar-refractivity contribution in [2.75, 3.05) is 0 Å². The summed E-state index contributed by atoms with van der Waals surface area (Å²) in [5.74, 6) is -0.993. The molecule has 14 heavy (non-hydrogen) atoms. The van der Waals surface area contributed by atoms with Crippen molar-refractivity contribution in [1.82, 2.24) is 0 Å². The van der Waals surface area contributed by atoms with E-state index in [0.717, 1.165) is 12.8 Å². The van der Waals surface area contributed by atoms with Crippen LogP contribution in [-0.4, -0.2) is 27.2 Å². The van der Waals surface area contributed by atoms with Crippen LogP contribution in [-0.2, 0) is 4.79 Å². The maximum Gasteiger partial charge on any atom is 0.312 e. The fourth-order valence-corrected chi connectivity index (χ4v) is 2.54. The topological polar surface area (TPSA) is 57.5 Å². The van der Waals surface area contributed by atoms with E-state index in [9.17, 15) is 9.90 Å².